The maximum absolute atomic E-state index is 12.3. The summed E-state index contributed by atoms with van der Waals surface area (Å²) in [6, 6.07) is 15.6. The molecule has 1 aliphatic rings. The van der Waals surface area contributed by atoms with Crippen LogP contribution in [0.2, 0.25) is 0 Å². The number of benzene rings is 2. The fraction of sp³-hybridized carbons (Fsp3) is 0.273. The highest BCUT2D eigenvalue weighted by atomic mass is 16.1. The Morgan fingerprint density at radius 2 is 1.92 bits per heavy atom. The molecule has 0 saturated carbocycles. The Morgan fingerprint density at radius 3 is 2.69 bits per heavy atom. The second-order valence-corrected chi connectivity index (χ2v) is 6.79. The second kappa shape index (κ2) is 7.56. The Balaban J connectivity index is 1.38. The van der Waals surface area contributed by atoms with Gasteiger partial charge < -0.3 is 10.3 Å². The lowest BCUT2D eigenvalue weighted by atomic mass is 9.97. The van der Waals surface area contributed by atoms with Crippen LogP contribution in [0.1, 0.15) is 42.5 Å². The first-order chi connectivity index (χ1) is 12.8. The van der Waals surface area contributed by atoms with Crippen molar-refractivity contribution in [1.82, 2.24) is 15.3 Å². The molecule has 1 aromatic heterocycles. The second-order valence-electron chi connectivity index (χ2n) is 6.79. The number of fused-ring (bicyclic) bond motifs is 1. The summed E-state index contributed by atoms with van der Waals surface area (Å²) in [5, 5.41) is 3.02. The average molecular weight is 345 g/mol. The van der Waals surface area contributed by atoms with Gasteiger partial charge in [-0.05, 0) is 56.4 Å². The van der Waals surface area contributed by atoms with E-state index in [-0.39, 0.29) is 5.91 Å². The molecule has 0 bridgehead atoms. The van der Waals surface area contributed by atoms with Crippen LogP contribution in [0.3, 0.4) is 0 Å². The minimum atomic E-state index is -0.0161. The molecule has 0 aliphatic heterocycles. The lowest BCUT2D eigenvalue weighted by molar-refractivity contribution is 0.0954. The number of H-pyrrole nitrogens is 1. The van der Waals surface area contributed by atoms with E-state index in [1.54, 1.807) is 0 Å². The third kappa shape index (κ3) is 3.69. The monoisotopic (exact) mass is 345 g/mol. The standard InChI is InChI=1S/C22H23N3O/c26-22(23-15-14-16-6-2-1-3-7-16)18-12-10-17(11-13-18)21-24-19-8-4-5-9-20(19)25-21/h4-6,8-13H,1-3,7,14-15H2,(H,23,26)(H,24,25). The predicted molar refractivity (Wildman–Crippen MR) is 105 cm³/mol. The fourth-order valence-corrected chi connectivity index (χ4v) is 3.44. The van der Waals surface area contributed by atoms with Crippen LogP contribution in [0.25, 0.3) is 22.4 Å². The van der Waals surface area contributed by atoms with Crippen molar-refractivity contribution in [3.05, 3.63) is 65.7 Å². The topological polar surface area (TPSA) is 57.8 Å². The SMILES string of the molecule is O=C(NCCC1=CCCCC1)c1ccc(-c2nc3ccccc3[nH]2)cc1. The normalized spacial score (nSPS) is 14.2. The van der Waals surface area contributed by atoms with Crippen LogP contribution in [0.15, 0.2) is 60.2 Å². The molecular weight excluding hydrogens is 322 g/mol. The van der Waals surface area contributed by atoms with Crippen molar-refractivity contribution in [2.24, 2.45) is 0 Å². The molecule has 1 aliphatic carbocycles. The summed E-state index contributed by atoms with van der Waals surface area (Å²) in [7, 11) is 0. The number of para-hydroxylation sites is 2. The van der Waals surface area contributed by atoms with Gasteiger partial charge in [0.2, 0.25) is 0 Å². The van der Waals surface area contributed by atoms with Gasteiger partial charge in [0, 0.05) is 17.7 Å². The number of carbonyl (C=O) groups is 1. The van der Waals surface area contributed by atoms with Gasteiger partial charge in [-0.2, -0.15) is 0 Å². The molecule has 2 aromatic carbocycles. The third-order valence-electron chi connectivity index (χ3n) is 4.93. The van der Waals surface area contributed by atoms with Gasteiger partial charge >= 0.3 is 0 Å². The van der Waals surface area contributed by atoms with E-state index in [0.29, 0.717) is 12.1 Å². The van der Waals surface area contributed by atoms with Crippen LogP contribution in [-0.4, -0.2) is 22.4 Å². The van der Waals surface area contributed by atoms with Gasteiger partial charge in [-0.1, -0.05) is 35.9 Å². The molecule has 26 heavy (non-hydrogen) atoms. The highest BCUT2D eigenvalue weighted by Gasteiger charge is 2.09. The maximum atomic E-state index is 12.3. The largest absolute Gasteiger partial charge is 0.352 e. The van der Waals surface area contributed by atoms with Crippen molar-refractivity contribution in [3.8, 4) is 11.4 Å². The molecule has 0 saturated heterocycles. The van der Waals surface area contributed by atoms with Crippen molar-refractivity contribution in [1.29, 1.82) is 0 Å². The van der Waals surface area contributed by atoms with Gasteiger partial charge in [0.05, 0.1) is 11.0 Å². The molecule has 2 N–H and O–H groups in total. The summed E-state index contributed by atoms with van der Waals surface area (Å²) in [6.07, 6.45) is 8.24. The van der Waals surface area contributed by atoms with Crippen LogP contribution in [0.5, 0.6) is 0 Å². The van der Waals surface area contributed by atoms with E-state index >= 15 is 0 Å². The number of nitrogens with one attached hydrogen (secondary N) is 2. The van der Waals surface area contributed by atoms with Gasteiger partial charge in [-0.3, -0.25) is 4.79 Å². The molecule has 1 amide bonds. The first kappa shape index (κ1) is 16.6. The molecule has 0 unspecified atom stereocenters. The van der Waals surface area contributed by atoms with Crippen molar-refractivity contribution in [2.45, 2.75) is 32.1 Å². The molecule has 0 atom stereocenters. The number of imidazole rings is 1. The van der Waals surface area contributed by atoms with Gasteiger partial charge in [0.1, 0.15) is 5.82 Å². The summed E-state index contributed by atoms with van der Waals surface area (Å²) in [4.78, 5) is 20.2. The van der Waals surface area contributed by atoms with E-state index in [0.717, 1.165) is 28.8 Å². The number of carbonyl (C=O) groups excluding carboxylic acids is 1. The molecular formula is C22H23N3O. The molecule has 4 rings (SSSR count). The first-order valence-electron chi connectivity index (χ1n) is 9.31. The Kier molecular flexibility index (Phi) is 4.82. The summed E-state index contributed by atoms with van der Waals surface area (Å²) >= 11 is 0. The molecule has 4 nitrogen and oxygen atoms in total. The van der Waals surface area contributed by atoms with E-state index in [2.05, 4.69) is 21.4 Å². The van der Waals surface area contributed by atoms with Gasteiger partial charge in [0.15, 0.2) is 0 Å². The number of aromatic nitrogens is 2. The van der Waals surface area contributed by atoms with Crippen LogP contribution < -0.4 is 5.32 Å². The molecule has 4 heteroatoms. The Bertz CT molecular complexity index is 904. The molecule has 0 fully saturated rings. The molecule has 132 valence electrons. The van der Waals surface area contributed by atoms with Crippen molar-refractivity contribution in [2.75, 3.05) is 6.54 Å². The van der Waals surface area contributed by atoms with E-state index in [9.17, 15) is 4.79 Å². The summed E-state index contributed by atoms with van der Waals surface area (Å²) in [6.45, 7) is 0.704. The van der Waals surface area contributed by atoms with Gasteiger partial charge in [-0.15, -0.1) is 0 Å². The van der Waals surface area contributed by atoms with E-state index < -0.39 is 0 Å². The quantitative estimate of drug-likeness (QED) is 0.649. The molecule has 1 heterocycles. The van der Waals surface area contributed by atoms with E-state index in [1.807, 2.05) is 48.5 Å². The number of aromatic amines is 1. The third-order valence-corrected chi connectivity index (χ3v) is 4.93. The average Bonchev–Trinajstić information content (AvgIpc) is 3.13. The smallest absolute Gasteiger partial charge is 0.251 e. The highest BCUT2D eigenvalue weighted by molar-refractivity contribution is 5.94. The van der Waals surface area contributed by atoms with E-state index in [1.165, 1.54) is 31.3 Å². The van der Waals surface area contributed by atoms with Crippen LogP contribution in [0.4, 0.5) is 0 Å². The zero-order valence-corrected chi connectivity index (χ0v) is 14.8. The minimum absolute atomic E-state index is 0.0161. The van der Waals surface area contributed by atoms with E-state index in [4.69, 9.17) is 0 Å². The predicted octanol–water partition coefficient (Wildman–Crippen LogP) is 4.85. The molecule has 0 spiro atoms. The Hall–Kier alpha value is -2.88. The Labute approximate surface area is 153 Å². The van der Waals surface area contributed by atoms with Crippen LogP contribution in [0, 0.1) is 0 Å². The fourth-order valence-electron chi connectivity index (χ4n) is 3.44. The zero-order valence-electron chi connectivity index (χ0n) is 14.8. The number of hydrogen-bond donors (Lipinski definition) is 2. The van der Waals surface area contributed by atoms with Gasteiger partial charge in [-0.25, -0.2) is 4.98 Å². The lowest BCUT2D eigenvalue weighted by Gasteiger charge is -2.13. The van der Waals surface area contributed by atoms with Crippen molar-refractivity contribution in [3.63, 3.8) is 0 Å². The lowest BCUT2D eigenvalue weighted by Crippen LogP contribution is -2.24. The van der Waals surface area contributed by atoms with Gasteiger partial charge in [0.25, 0.3) is 5.91 Å². The van der Waals surface area contributed by atoms with Crippen LogP contribution in [-0.2, 0) is 0 Å². The minimum Gasteiger partial charge on any atom is -0.352 e. The zero-order chi connectivity index (χ0) is 17.8. The van der Waals surface area contributed by atoms with Crippen LogP contribution >= 0.6 is 0 Å². The summed E-state index contributed by atoms with van der Waals surface area (Å²) in [5.41, 5.74) is 5.10. The van der Waals surface area contributed by atoms with Crippen molar-refractivity contribution < 1.29 is 4.79 Å². The number of hydrogen-bond acceptors (Lipinski definition) is 2. The number of amides is 1. The highest BCUT2D eigenvalue weighted by Crippen LogP contribution is 2.21. The molecule has 0 radical (unpaired) electrons. The van der Waals surface area contributed by atoms with Crippen molar-refractivity contribution >= 4 is 16.9 Å². The summed E-state index contributed by atoms with van der Waals surface area (Å²) < 4.78 is 0. The molecule has 3 aromatic rings. The number of allylic oxidation sites excluding steroid dienone is 1. The summed E-state index contributed by atoms with van der Waals surface area (Å²) in [5.74, 6) is 0.806. The number of nitrogens with zero attached hydrogens (tertiary/aromatic N) is 1. The number of rotatable bonds is 5. The maximum Gasteiger partial charge on any atom is 0.251 e. The Morgan fingerprint density at radius 1 is 1.08 bits per heavy atom. The first-order valence-corrected chi connectivity index (χ1v) is 9.31.